The molecule has 2 atom stereocenters. The highest BCUT2D eigenvalue weighted by atomic mass is 16.1. The monoisotopic (exact) mass is 326 g/mol. The topological polar surface area (TPSA) is 84.4 Å². The summed E-state index contributed by atoms with van der Waals surface area (Å²) in [6.07, 6.45) is 6.25. The van der Waals surface area contributed by atoms with E-state index in [0.717, 1.165) is 30.9 Å². The quantitative estimate of drug-likeness (QED) is 0.571. The van der Waals surface area contributed by atoms with Crippen LogP contribution in [0.25, 0.3) is 0 Å². The van der Waals surface area contributed by atoms with Crippen molar-refractivity contribution in [3.05, 3.63) is 66.4 Å². The number of anilines is 1. The Labute approximate surface area is 143 Å². The van der Waals surface area contributed by atoms with Gasteiger partial charge in [0.1, 0.15) is 0 Å². The number of carbonyl (C=O) groups excluding carboxylic acids is 1. The first-order valence-corrected chi connectivity index (χ1v) is 8.13. The van der Waals surface area contributed by atoms with Crippen LogP contribution in [-0.4, -0.2) is 36.0 Å². The number of nitrogens with zero attached hydrogens (tertiary/aromatic N) is 1. The maximum atomic E-state index is 12.4. The van der Waals surface area contributed by atoms with Gasteiger partial charge in [-0.3, -0.25) is 4.79 Å². The minimum Gasteiger partial charge on any atom is -0.368 e. The van der Waals surface area contributed by atoms with Gasteiger partial charge < -0.3 is 21.7 Å². The Balaban J connectivity index is 2.13. The first kappa shape index (κ1) is 18.0. The van der Waals surface area contributed by atoms with Crippen molar-refractivity contribution < 1.29 is 4.79 Å². The summed E-state index contributed by atoms with van der Waals surface area (Å²) >= 11 is 0. The summed E-state index contributed by atoms with van der Waals surface area (Å²) < 4.78 is 0. The molecule has 0 spiro atoms. The fourth-order valence-corrected chi connectivity index (χ4v) is 2.79. The third-order valence-corrected chi connectivity index (χ3v) is 3.92. The van der Waals surface area contributed by atoms with E-state index in [2.05, 4.69) is 16.8 Å². The highest BCUT2D eigenvalue weighted by Gasteiger charge is 2.23. The molecule has 1 aromatic rings. The van der Waals surface area contributed by atoms with Gasteiger partial charge in [0.25, 0.3) is 5.91 Å². The molecule has 0 bridgehead atoms. The molecule has 0 radical (unpaired) electrons. The van der Waals surface area contributed by atoms with E-state index in [1.165, 1.54) is 0 Å². The standard InChI is InChI=1S/C19H26N4O/c1-3-7-18(23-12-15(20)11-16(21)13-23)10-14(2)19(24)22-17-8-5-4-6-9-17/h3-10,15-16H,1,11-13,20-21H2,2H3,(H,22,24)/b14-10+,18-7+/t15-,16+. The molecule has 1 amide bonds. The van der Waals surface area contributed by atoms with E-state index >= 15 is 0 Å². The number of hydrogen-bond acceptors (Lipinski definition) is 4. The average molecular weight is 326 g/mol. The first-order chi connectivity index (χ1) is 11.5. The Morgan fingerprint density at radius 2 is 1.88 bits per heavy atom. The Hall–Kier alpha value is -2.37. The van der Waals surface area contributed by atoms with E-state index in [9.17, 15) is 4.79 Å². The van der Waals surface area contributed by atoms with Crippen LogP contribution in [0.15, 0.2) is 66.4 Å². The van der Waals surface area contributed by atoms with E-state index < -0.39 is 0 Å². The summed E-state index contributed by atoms with van der Waals surface area (Å²) in [4.78, 5) is 14.5. The van der Waals surface area contributed by atoms with Crippen LogP contribution in [0.3, 0.4) is 0 Å². The van der Waals surface area contributed by atoms with E-state index in [0.29, 0.717) is 5.57 Å². The van der Waals surface area contributed by atoms with Crippen LogP contribution in [0.5, 0.6) is 0 Å². The Morgan fingerprint density at radius 3 is 2.46 bits per heavy atom. The van der Waals surface area contributed by atoms with Gasteiger partial charge in [-0.15, -0.1) is 0 Å². The molecule has 0 saturated carbocycles. The molecule has 1 aliphatic heterocycles. The number of benzene rings is 1. The average Bonchev–Trinajstić information content (AvgIpc) is 2.54. The van der Waals surface area contributed by atoms with Gasteiger partial charge in [0, 0.05) is 42.1 Å². The molecular weight excluding hydrogens is 300 g/mol. The molecule has 1 aliphatic rings. The summed E-state index contributed by atoms with van der Waals surface area (Å²) in [6, 6.07) is 9.46. The summed E-state index contributed by atoms with van der Waals surface area (Å²) in [5.41, 5.74) is 14.4. The van der Waals surface area contributed by atoms with Gasteiger partial charge in [0.15, 0.2) is 0 Å². The second-order valence-electron chi connectivity index (χ2n) is 6.14. The van der Waals surface area contributed by atoms with Crippen molar-refractivity contribution >= 4 is 11.6 Å². The third-order valence-electron chi connectivity index (χ3n) is 3.92. The Kier molecular flexibility index (Phi) is 6.35. The Bertz CT molecular complexity index is 626. The summed E-state index contributed by atoms with van der Waals surface area (Å²) in [7, 11) is 0. The van der Waals surface area contributed by atoms with Crippen LogP contribution >= 0.6 is 0 Å². The van der Waals surface area contributed by atoms with Crippen LogP contribution < -0.4 is 16.8 Å². The number of likely N-dealkylation sites (tertiary alicyclic amines) is 1. The van der Waals surface area contributed by atoms with Gasteiger partial charge in [-0.2, -0.15) is 0 Å². The van der Waals surface area contributed by atoms with Gasteiger partial charge in [-0.25, -0.2) is 0 Å². The molecule has 0 aliphatic carbocycles. The number of amides is 1. The first-order valence-electron chi connectivity index (χ1n) is 8.13. The van der Waals surface area contributed by atoms with Crippen molar-refractivity contribution in [1.29, 1.82) is 0 Å². The van der Waals surface area contributed by atoms with E-state index in [-0.39, 0.29) is 18.0 Å². The lowest BCUT2D eigenvalue weighted by molar-refractivity contribution is -0.112. The number of allylic oxidation sites excluding steroid dienone is 3. The molecule has 5 N–H and O–H groups in total. The van der Waals surface area contributed by atoms with Gasteiger partial charge >= 0.3 is 0 Å². The number of nitrogens with two attached hydrogens (primary N) is 2. The van der Waals surface area contributed by atoms with Gasteiger partial charge in [0.2, 0.25) is 0 Å². The largest absolute Gasteiger partial charge is 0.368 e. The predicted molar refractivity (Wildman–Crippen MR) is 99.2 cm³/mol. The molecule has 24 heavy (non-hydrogen) atoms. The number of rotatable bonds is 5. The lowest BCUT2D eigenvalue weighted by Crippen LogP contribution is -2.51. The van der Waals surface area contributed by atoms with Crippen molar-refractivity contribution in [2.45, 2.75) is 25.4 Å². The van der Waals surface area contributed by atoms with E-state index in [1.54, 1.807) is 13.0 Å². The molecule has 2 rings (SSSR count). The van der Waals surface area contributed by atoms with Crippen molar-refractivity contribution in [2.24, 2.45) is 11.5 Å². The molecule has 0 aromatic heterocycles. The van der Waals surface area contributed by atoms with Crippen molar-refractivity contribution in [1.82, 2.24) is 4.90 Å². The van der Waals surface area contributed by atoms with Crippen LogP contribution in [0.2, 0.25) is 0 Å². The fourth-order valence-electron chi connectivity index (χ4n) is 2.79. The van der Waals surface area contributed by atoms with E-state index in [4.69, 9.17) is 11.5 Å². The SMILES string of the molecule is C=C/C=C(\C=C(/C)C(=O)Nc1ccccc1)N1C[C@H](N)C[C@H](N)C1. The predicted octanol–water partition coefficient (Wildman–Crippen LogP) is 2.00. The third kappa shape index (κ3) is 5.08. The molecule has 128 valence electrons. The number of para-hydroxylation sites is 1. The summed E-state index contributed by atoms with van der Waals surface area (Å²) in [5, 5.41) is 2.88. The van der Waals surface area contributed by atoms with Crippen LogP contribution in [0, 0.1) is 0 Å². The van der Waals surface area contributed by atoms with Gasteiger partial charge in [-0.05, 0) is 37.6 Å². The maximum Gasteiger partial charge on any atom is 0.251 e. The molecule has 5 heteroatoms. The highest BCUT2D eigenvalue weighted by molar-refractivity contribution is 6.03. The lowest BCUT2D eigenvalue weighted by atomic mass is 10.0. The molecule has 1 fully saturated rings. The van der Waals surface area contributed by atoms with Gasteiger partial charge in [0.05, 0.1) is 0 Å². The smallest absolute Gasteiger partial charge is 0.251 e. The zero-order valence-corrected chi connectivity index (χ0v) is 14.1. The zero-order chi connectivity index (χ0) is 17.5. The van der Waals surface area contributed by atoms with Crippen molar-refractivity contribution in [3.63, 3.8) is 0 Å². The number of hydrogen-bond donors (Lipinski definition) is 3. The zero-order valence-electron chi connectivity index (χ0n) is 14.1. The molecule has 1 saturated heterocycles. The number of carbonyl (C=O) groups is 1. The second-order valence-corrected chi connectivity index (χ2v) is 6.14. The minimum absolute atomic E-state index is 0.0359. The molecule has 0 unspecified atom stereocenters. The second kappa shape index (κ2) is 8.47. The number of nitrogens with one attached hydrogen (secondary N) is 1. The lowest BCUT2D eigenvalue weighted by Gasteiger charge is -2.37. The van der Waals surface area contributed by atoms with Gasteiger partial charge in [-0.1, -0.05) is 30.9 Å². The molecule has 5 nitrogen and oxygen atoms in total. The van der Waals surface area contributed by atoms with E-state index in [1.807, 2.05) is 42.5 Å². The van der Waals surface area contributed by atoms with Crippen LogP contribution in [0.4, 0.5) is 5.69 Å². The minimum atomic E-state index is -0.137. The molecular formula is C19H26N4O. The van der Waals surface area contributed by atoms with Crippen LogP contribution in [0.1, 0.15) is 13.3 Å². The Morgan fingerprint density at radius 1 is 1.25 bits per heavy atom. The van der Waals surface area contributed by atoms with Crippen molar-refractivity contribution in [3.8, 4) is 0 Å². The highest BCUT2D eigenvalue weighted by Crippen LogP contribution is 2.17. The normalized spacial score (nSPS) is 22.2. The van der Waals surface area contributed by atoms with Crippen molar-refractivity contribution in [2.75, 3.05) is 18.4 Å². The molecule has 1 aromatic carbocycles. The summed E-state index contributed by atoms with van der Waals surface area (Å²) in [6.45, 7) is 6.99. The molecule has 1 heterocycles. The maximum absolute atomic E-state index is 12.4. The van der Waals surface area contributed by atoms with Crippen LogP contribution in [-0.2, 0) is 4.79 Å². The summed E-state index contributed by atoms with van der Waals surface area (Å²) in [5.74, 6) is -0.137. The number of piperidine rings is 1. The fraction of sp³-hybridized carbons (Fsp3) is 0.316.